The maximum atomic E-state index is 12.1. The zero-order valence-corrected chi connectivity index (χ0v) is 15.7. The molecule has 3 nitrogen and oxygen atoms in total. The fourth-order valence-corrected chi connectivity index (χ4v) is 4.13. The number of hydrogen-bond acceptors (Lipinski definition) is 3. The van der Waals surface area contributed by atoms with Crippen molar-refractivity contribution in [1.29, 1.82) is 0 Å². The first-order valence-corrected chi connectivity index (χ1v) is 9.43. The Morgan fingerprint density at radius 2 is 1.85 bits per heavy atom. The molecule has 0 aliphatic heterocycles. The van der Waals surface area contributed by atoms with Crippen molar-refractivity contribution in [3.05, 3.63) is 71.3 Å². The number of hydrogen-bond donors (Lipinski definition) is 2. The molecule has 0 heterocycles. The maximum absolute atomic E-state index is 12.1. The minimum atomic E-state index is -1.07. The van der Waals surface area contributed by atoms with Gasteiger partial charge < -0.3 is 15.1 Å². The van der Waals surface area contributed by atoms with Crippen LogP contribution in [0.1, 0.15) is 36.8 Å². The third-order valence-electron chi connectivity index (χ3n) is 5.34. The van der Waals surface area contributed by atoms with Crippen molar-refractivity contribution in [1.82, 2.24) is 4.90 Å². The Hall–Kier alpha value is -2.10. The first-order valence-electron chi connectivity index (χ1n) is 9.43. The molecule has 2 aromatic rings. The molecule has 0 aromatic heterocycles. The topological polar surface area (TPSA) is 43.7 Å². The largest absolute Gasteiger partial charge is 0.508 e. The second-order valence-corrected chi connectivity index (χ2v) is 7.60. The van der Waals surface area contributed by atoms with Gasteiger partial charge in [-0.3, -0.25) is 0 Å². The highest BCUT2D eigenvalue weighted by Crippen LogP contribution is 2.45. The zero-order chi connectivity index (χ0) is 18.6. The molecule has 0 saturated heterocycles. The van der Waals surface area contributed by atoms with Crippen LogP contribution in [-0.2, 0) is 5.60 Å². The van der Waals surface area contributed by atoms with Gasteiger partial charge in [0.2, 0.25) is 0 Å². The maximum Gasteiger partial charge on any atom is 0.115 e. The van der Waals surface area contributed by atoms with E-state index in [1.807, 2.05) is 44.4 Å². The van der Waals surface area contributed by atoms with Gasteiger partial charge in [0, 0.05) is 12.5 Å². The number of benzene rings is 2. The van der Waals surface area contributed by atoms with E-state index in [9.17, 15) is 10.2 Å². The zero-order valence-electron chi connectivity index (χ0n) is 15.7. The highest BCUT2D eigenvalue weighted by atomic mass is 16.3. The Morgan fingerprint density at radius 1 is 1.08 bits per heavy atom. The van der Waals surface area contributed by atoms with E-state index in [-0.39, 0.29) is 11.7 Å². The van der Waals surface area contributed by atoms with Crippen LogP contribution >= 0.6 is 0 Å². The lowest BCUT2D eigenvalue weighted by Gasteiger charge is -2.39. The molecule has 0 bridgehead atoms. The van der Waals surface area contributed by atoms with Gasteiger partial charge in [-0.25, -0.2) is 0 Å². The van der Waals surface area contributed by atoms with Crippen LogP contribution in [-0.4, -0.2) is 35.8 Å². The van der Waals surface area contributed by atoms with Crippen LogP contribution < -0.4 is 0 Å². The lowest BCUT2D eigenvalue weighted by atomic mass is 9.74. The van der Waals surface area contributed by atoms with E-state index in [1.54, 1.807) is 12.1 Å². The lowest BCUT2D eigenvalue weighted by Crippen LogP contribution is -2.41. The predicted octanol–water partition coefficient (Wildman–Crippen LogP) is 4.42. The van der Waals surface area contributed by atoms with Crippen molar-refractivity contribution in [2.45, 2.75) is 31.3 Å². The Kier molecular flexibility index (Phi) is 5.80. The lowest BCUT2D eigenvalue weighted by molar-refractivity contribution is 0.000333. The second kappa shape index (κ2) is 8.07. The van der Waals surface area contributed by atoms with Crippen LogP contribution in [0.15, 0.2) is 60.2 Å². The van der Waals surface area contributed by atoms with Gasteiger partial charge in [0.05, 0.1) is 0 Å². The van der Waals surface area contributed by atoms with Gasteiger partial charge in [-0.2, -0.15) is 0 Å². The molecule has 3 heteroatoms. The molecule has 138 valence electrons. The molecule has 2 aromatic carbocycles. The van der Waals surface area contributed by atoms with E-state index < -0.39 is 5.60 Å². The van der Waals surface area contributed by atoms with E-state index in [2.05, 4.69) is 23.1 Å². The predicted molar refractivity (Wildman–Crippen MR) is 107 cm³/mol. The molecule has 2 N–H and O–H groups in total. The number of aromatic hydroxyl groups is 1. The Balaban J connectivity index is 2.14. The number of phenolic OH excluding ortho intramolecular Hbond substituents is 1. The summed E-state index contributed by atoms with van der Waals surface area (Å²) in [6.07, 6.45) is 6.15. The molecule has 1 fully saturated rings. The van der Waals surface area contributed by atoms with Crippen molar-refractivity contribution in [2.75, 3.05) is 20.6 Å². The SMILES string of the molecule is CN(C)CC1CCCC/C(=C\c2ccccc2)C1(O)c1cccc(O)c1. The molecule has 0 amide bonds. The van der Waals surface area contributed by atoms with Crippen molar-refractivity contribution < 1.29 is 10.2 Å². The van der Waals surface area contributed by atoms with Gasteiger partial charge in [0.25, 0.3) is 0 Å². The normalized spacial score (nSPS) is 25.4. The fourth-order valence-electron chi connectivity index (χ4n) is 4.13. The number of aliphatic hydroxyl groups is 1. The van der Waals surface area contributed by atoms with Gasteiger partial charge in [0.1, 0.15) is 11.4 Å². The number of rotatable bonds is 4. The molecule has 2 unspecified atom stereocenters. The van der Waals surface area contributed by atoms with Gasteiger partial charge in [-0.15, -0.1) is 0 Å². The molecule has 1 aliphatic carbocycles. The summed E-state index contributed by atoms with van der Waals surface area (Å²) in [5, 5.41) is 22.1. The van der Waals surface area contributed by atoms with Gasteiger partial charge in [-0.05, 0) is 62.2 Å². The summed E-state index contributed by atoms with van der Waals surface area (Å²) in [4.78, 5) is 2.14. The highest BCUT2D eigenvalue weighted by Gasteiger charge is 2.43. The minimum Gasteiger partial charge on any atom is -0.508 e. The third-order valence-corrected chi connectivity index (χ3v) is 5.34. The first kappa shape index (κ1) is 18.7. The van der Waals surface area contributed by atoms with Gasteiger partial charge >= 0.3 is 0 Å². The number of phenols is 1. The van der Waals surface area contributed by atoms with Gasteiger partial charge in [0.15, 0.2) is 0 Å². The molecular weight excluding hydrogens is 322 g/mol. The molecule has 1 saturated carbocycles. The Morgan fingerprint density at radius 3 is 2.54 bits per heavy atom. The summed E-state index contributed by atoms with van der Waals surface area (Å²) in [5.41, 5.74) is 1.86. The molecule has 26 heavy (non-hydrogen) atoms. The van der Waals surface area contributed by atoms with Crippen LogP contribution in [0.3, 0.4) is 0 Å². The van der Waals surface area contributed by atoms with E-state index >= 15 is 0 Å². The van der Waals surface area contributed by atoms with Crippen LogP contribution in [0.5, 0.6) is 5.75 Å². The monoisotopic (exact) mass is 351 g/mol. The highest BCUT2D eigenvalue weighted by molar-refractivity contribution is 5.57. The second-order valence-electron chi connectivity index (χ2n) is 7.60. The van der Waals surface area contributed by atoms with Crippen LogP contribution in [0.2, 0.25) is 0 Å². The molecule has 2 atom stereocenters. The van der Waals surface area contributed by atoms with Crippen LogP contribution in [0.4, 0.5) is 0 Å². The van der Waals surface area contributed by atoms with E-state index in [4.69, 9.17) is 0 Å². The molecule has 1 aliphatic rings. The summed E-state index contributed by atoms with van der Waals surface area (Å²) in [5.74, 6) is 0.277. The van der Waals surface area contributed by atoms with Crippen molar-refractivity contribution in [3.63, 3.8) is 0 Å². The Labute approximate surface area is 156 Å². The molecular formula is C23H29NO2. The molecule has 0 spiro atoms. The number of nitrogens with zero attached hydrogens (tertiary/aromatic N) is 1. The third kappa shape index (κ3) is 4.00. The van der Waals surface area contributed by atoms with E-state index in [0.29, 0.717) is 0 Å². The average molecular weight is 351 g/mol. The standard InChI is InChI=1S/C23H29NO2/c1-24(2)17-21-12-7-6-11-19(15-18-9-4-3-5-10-18)23(21,26)20-13-8-14-22(25)16-20/h3-5,8-10,13-16,21,25-26H,6-7,11-12,17H2,1-2H3/b19-15+. The Bertz CT molecular complexity index is 754. The van der Waals surface area contributed by atoms with E-state index in [0.717, 1.165) is 48.9 Å². The first-order chi connectivity index (χ1) is 12.5. The van der Waals surface area contributed by atoms with Crippen LogP contribution in [0, 0.1) is 5.92 Å². The minimum absolute atomic E-state index is 0.0803. The van der Waals surface area contributed by atoms with Crippen molar-refractivity contribution >= 4 is 6.08 Å². The molecule has 0 radical (unpaired) electrons. The van der Waals surface area contributed by atoms with Crippen molar-refractivity contribution in [2.24, 2.45) is 5.92 Å². The summed E-state index contributed by atoms with van der Waals surface area (Å²) >= 11 is 0. The fraction of sp³-hybridized carbons (Fsp3) is 0.391. The summed E-state index contributed by atoms with van der Waals surface area (Å²) in [6, 6.07) is 17.3. The van der Waals surface area contributed by atoms with Crippen LogP contribution in [0.25, 0.3) is 6.08 Å². The molecule has 3 rings (SSSR count). The summed E-state index contributed by atoms with van der Waals surface area (Å²) in [7, 11) is 4.10. The van der Waals surface area contributed by atoms with Gasteiger partial charge in [-0.1, -0.05) is 55.0 Å². The average Bonchev–Trinajstić information content (AvgIpc) is 2.77. The van der Waals surface area contributed by atoms with E-state index in [1.165, 1.54) is 0 Å². The smallest absolute Gasteiger partial charge is 0.115 e. The quantitative estimate of drug-likeness (QED) is 0.802. The summed E-state index contributed by atoms with van der Waals surface area (Å²) < 4.78 is 0. The summed E-state index contributed by atoms with van der Waals surface area (Å²) in [6.45, 7) is 0.804. The van der Waals surface area contributed by atoms with Crippen molar-refractivity contribution in [3.8, 4) is 5.75 Å².